The highest BCUT2D eigenvalue weighted by molar-refractivity contribution is 6.13. The largest absolute Gasteiger partial charge is 0.310 e. The zero-order valence-electron chi connectivity index (χ0n) is 85.4. The van der Waals surface area contributed by atoms with E-state index < -0.39 is 10.8 Å². The Labute approximate surface area is 839 Å². The number of para-hydroxylation sites is 4. The van der Waals surface area contributed by atoms with Crippen molar-refractivity contribution < 1.29 is 0 Å². The molecule has 20 aromatic carbocycles. The van der Waals surface area contributed by atoms with E-state index in [2.05, 4.69) is 533 Å². The van der Waals surface area contributed by atoms with E-state index in [-0.39, 0.29) is 21.7 Å². The maximum atomic E-state index is 2.55. The summed E-state index contributed by atoms with van der Waals surface area (Å²) < 4.78 is 0. The summed E-state index contributed by atoms with van der Waals surface area (Å²) in [6.45, 7) is 44.1. The first kappa shape index (κ1) is 89.3. The molecule has 0 N–H and O–H groups in total. The van der Waals surface area contributed by atoms with E-state index in [1.807, 2.05) is 0 Å². The lowest BCUT2D eigenvalue weighted by Gasteiger charge is -2.34. The monoisotopic (exact) mass is 1830 g/mol. The molecule has 694 valence electrons. The number of anilines is 12. The maximum Gasteiger partial charge on any atom is 0.0737 e. The van der Waals surface area contributed by atoms with E-state index in [9.17, 15) is 0 Å². The molecule has 4 aliphatic carbocycles. The molecule has 2 spiro atoms. The lowest BCUT2D eigenvalue weighted by molar-refractivity contribution is 0.589. The number of rotatable bonds is 14. The molecular weight excluding hydrogens is 1710 g/mol. The van der Waals surface area contributed by atoms with Gasteiger partial charge in [0, 0.05) is 68.2 Å². The molecule has 4 heteroatoms. The average Bonchev–Trinajstić information content (AvgIpc) is 1.49. The van der Waals surface area contributed by atoms with Gasteiger partial charge in [-0.25, -0.2) is 0 Å². The van der Waals surface area contributed by atoms with Crippen LogP contribution in [0.3, 0.4) is 0 Å². The number of hydrogen-bond acceptors (Lipinski definition) is 4. The third kappa shape index (κ3) is 14.1. The van der Waals surface area contributed by atoms with Crippen molar-refractivity contribution in [3.63, 3.8) is 0 Å². The number of nitrogens with zero attached hydrogens (tertiary/aromatic N) is 4. The van der Waals surface area contributed by atoms with Gasteiger partial charge >= 0.3 is 0 Å². The van der Waals surface area contributed by atoms with Crippen LogP contribution in [0.2, 0.25) is 0 Å². The molecule has 4 nitrogen and oxygen atoms in total. The fourth-order valence-corrected chi connectivity index (χ4v) is 24.8. The van der Waals surface area contributed by atoms with Crippen molar-refractivity contribution in [3.05, 3.63) is 499 Å². The summed E-state index contributed by atoms with van der Waals surface area (Å²) >= 11 is 0. The van der Waals surface area contributed by atoms with Crippen molar-refractivity contribution in [2.24, 2.45) is 0 Å². The highest BCUT2D eigenvalue weighted by atomic mass is 15.2. The van der Waals surface area contributed by atoms with E-state index in [0.29, 0.717) is 6.42 Å². The van der Waals surface area contributed by atoms with E-state index >= 15 is 0 Å². The molecule has 0 amide bonds. The topological polar surface area (TPSA) is 13.0 Å². The minimum atomic E-state index is -0.700. The van der Waals surface area contributed by atoms with Gasteiger partial charge in [-0.05, 0) is 391 Å². The van der Waals surface area contributed by atoms with Crippen molar-refractivity contribution in [1.82, 2.24) is 0 Å². The van der Waals surface area contributed by atoms with Crippen LogP contribution in [0.15, 0.2) is 382 Å². The summed E-state index contributed by atoms with van der Waals surface area (Å²) in [5, 5.41) is 9.81. The molecular formula is C138H122N4. The van der Waals surface area contributed by atoms with E-state index in [1.165, 1.54) is 216 Å². The van der Waals surface area contributed by atoms with Crippen molar-refractivity contribution in [2.75, 3.05) is 19.6 Å². The summed E-state index contributed by atoms with van der Waals surface area (Å²) in [5.74, 6) is 0. The first-order chi connectivity index (χ1) is 68.3. The maximum absolute atomic E-state index is 2.55. The van der Waals surface area contributed by atoms with Crippen molar-refractivity contribution in [3.8, 4) is 44.5 Å². The highest BCUT2D eigenvalue weighted by Gasteiger charge is 2.56. The van der Waals surface area contributed by atoms with Crippen LogP contribution in [0.1, 0.15) is 200 Å². The smallest absolute Gasteiger partial charge is 0.0737 e. The average molecular weight is 1840 g/mol. The van der Waals surface area contributed by atoms with Crippen LogP contribution in [0.25, 0.3) is 87.6 Å². The zero-order valence-corrected chi connectivity index (χ0v) is 85.4. The predicted molar refractivity (Wildman–Crippen MR) is 605 cm³/mol. The third-order valence-electron chi connectivity index (χ3n) is 31.9. The Morgan fingerprint density at radius 3 is 0.824 bits per heavy atom. The van der Waals surface area contributed by atoms with Gasteiger partial charge in [-0.15, -0.1) is 0 Å². The molecule has 0 atom stereocenters. The second-order valence-electron chi connectivity index (χ2n) is 45.3. The van der Waals surface area contributed by atoms with E-state index in [4.69, 9.17) is 0 Å². The summed E-state index contributed by atoms with van der Waals surface area (Å²) in [5.41, 5.74) is 49.3. The Kier molecular flexibility index (Phi) is 20.7. The summed E-state index contributed by atoms with van der Waals surface area (Å²) in [7, 11) is 0. The molecule has 4 aliphatic rings. The third-order valence-corrected chi connectivity index (χ3v) is 31.9. The van der Waals surface area contributed by atoms with Crippen LogP contribution in [0.4, 0.5) is 68.2 Å². The summed E-state index contributed by atoms with van der Waals surface area (Å²) in [6, 6.07) is 149. The number of benzene rings is 20. The van der Waals surface area contributed by atoms with Gasteiger partial charge in [-0.2, -0.15) is 0 Å². The second-order valence-corrected chi connectivity index (χ2v) is 45.3. The van der Waals surface area contributed by atoms with Crippen molar-refractivity contribution in [1.29, 1.82) is 0 Å². The molecule has 0 unspecified atom stereocenters. The molecule has 0 saturated carbocycles. The number of hydrogen-bond donors (Lipinski definition) is 0. The molecule has 0 aliphatic heterocycles. The van der Waals surface area contributed by atoms with Crippen LogP contribution in [-0.2, 0) is 38.9 Å². The fraction of sp³-hybridized carbons (Fsp3) is 0.188. The Hall–Kier alpha value is -15.4. The van der Waals surface area contributed by atoms with Crippen LogP contribution >= 0.6 is 0 Å². The first-order valence-corrected chi connectivity index (χ1v) is 50.9. The van der Waals surface area contributed by atoms with Gasteiger partial charge in [-0.3, -0.25) is 0 Å². The molecule has 0 fully saturated rings. The lowest BCUT2D eigenvalue weighted by Crippen LogP contribution is -2.27. The normalized spacial score (nSPS) is 13.5. The van der Waals surface area contributed by atoms with Crippen LogP contribution in [0, 0.1) is 48.5 Å². The van der Waals surface area contributed by atoms with Gasteiger partial charge in [0.1, 0.15) is 0 Å². The molecule has 24 rings (SSSR count). The molecule has 0 radical (unpaired) electrons. The minimum absolute atomic E-state index is 0.0876. The van der Waals surface area contributed by atoms with Gasteiger partial charge in [0.15, 0.2) is 0 Å². The van der Waals surface area contributed by atoms with Gasteiger partial charge in [-0.1, -0.05) is 355 Å². The second kappa shape index (κ2) is 32.9. The predicted octanol–water partition coefficient (Wildman–Crippen LogP) is 37.8. The molecule has 0 bridgehead atoms. The fourth-order valence-electron chi connectivity index (χ4n) is 24.8. The Morgan fingerprint density at radius 2 is 0.486 bits per heavy atom. The van der Waals surface area contributed by atoms with Crippen molar-refractivity contribution in [2.45, 2.75) is 170 Å². The van der Waals surface area contributed by atoms with Gasteiger partial charge < -0.3 is 19.6 Å². The van der Waals surface area contributed by atoms with E-state index in [0.717, 1.165) is 56.9 Å². The number of fused-ring (bicyclic) bond motifs is 28. The molecule has 0 aromatic heterocycles. The lowest BCUT2D eigenvalue weighted by atomic mass is 9.68. The Morgan fingerprint density at radius 1 is 0.197 bits per heavy atom. The highest BCUT2D eigenvalue weighted by Crippen LogP contribution is 2.69. The molecule has 142 heavy (non-hydrogen) atoms. The van der Waals surface area contributed by atoms with E-state index in [1.54, 1.807) is 0 Å². The Balaban J connectivity index is 0.648. The van der Waals surface area contributed by atoms with Gasteiger partial charge in [0.25, 0.3) is 0 Å². The van der Waals surface area contributed by atoms with Gasteiger partial charge in [0.05, 0.1) is 10.8 Å². The van der Waals surface area contributed by atoms with Crippen LogP contribution in [0.5, 0.6) is 0 Å². The quantitative estimate of drug-likeness (QED) is 0.108. The zero-order chi connectivity index (χ0) is 97.9. The minimum Gasteiger partial charge on any atom is -0.310 e. The molecule has 20 aromatic rings. The standard InChI is InChI=1S/C138H122N4/c1-84-41-68-125(89(6)70-84)139(101-32-24-20-25-33-101)105-52-60-109-91(76-105)44-56-113-114-57-45-92-77-106(53-61-110(92)130(114)137(129(109)113)121-64-48-97(133(8,9)10)80-117(121)118-81-98(134(11,12)13)49-65-122(118)137)140(102-34-26-21-27-35-102)126-69-42-85(2)71-96(126)75-95-72-87(4)74-128(90(95)7)142(104-38-30-23-31-39-104)108-55-63-112-94(79-108)47-59-116-115-58-46-93-78-107(141(103-36-28-22-29-37-103)127-73-86(3)40-43-88(127)5)54-62-111(93)131(115)138(132(112)116)123-66-50-99(135(14,15)16)82-119(123)120-83-100(136(17,18)19)51-67-124(120)138/h20-74,76-83H,75H2,1-19H3. The summed E-state index contributed by atoms with van der Waals surface area (Å²) in [6.07, 6.45) is 0.682. The first-order valence-electron chi connectivity index (χ1n) is 50.9. The van der Waals surface area contributed by atoms with Gasteiger partial charge in [0.2, 0.25) is 0 Å². The molecule has 0 heterocycles. The van der Waals surface area contributed by atoms with Crippen LogP contribution < -0.4 is 19.6 Å². The summed E-state index contributed by atoms with van der Waals surface area (Å²) in [4.78, 5) is 9.97. The SMILES string of the molecule is Cc1ccc(N(c2ccccc2)c2ccc3c4c(ccc3c2)-c2ccc3cc(N(c5ccccc5)c5ccc(C)cc5Cc5cc(C)cc(N(c6ccccc6)c6ccc7c8c(ccc7c6)-c6ccc7cc(N(c9ccccc9)c9cc(C)ccc9C)ccc7c6C86c7ccc(C(C)(C)C)cc7-c7cc(C(C)(C)C)ccc76)c5C)ccc3c2C42c3ccc(C(C)(C)C)cc3-c3cc(C(C)(C)C)ccc32)c(C)c1. The van der Waals surface area contributed by atoms with Crippen LogP contribution in [-0.4, -0.2) is 0 Å². The Bertz CT molecular complexity index is 8490. The molecule has 0 saturated heterocycles. The number of aryl methyl sites for hydroxylation is 6. The van der Waals surface area contributed by atoms with Crippen molar-refractivity contribution >= 4 is 111 Å².